The van der Waals surface area contributed by atoms with E-state index in [1.54, 1.807) is 7.11 Å². The highest BCUT2D eigenvalue weighted by atomic mass is 19.1. The van der Waals surface area contributed by atoms with E-state index in [2.05, 4.69) is 4.74 Å². The summed E-state index contributed by atoms with van der Waals surface area (Å²) >= 11 is 0. The number of esters is 1. The van der Waals surface area contributed by atoms with Crippen LogP contribution in [0.2, 0.25) is 0 Å². The normalized spacial score (nSPS) is 14.5. The van der Waals surface area contributed by atoms with Gasteiger partial charge in [-0.2, -0.15) is 0 Å². The quantitative estimate of drug-likeness (QED) is 0.620. The van der Waals surface area contributed by atoms with E-state index in [1.807, 2.05) is 18.2 Å². The smallest absolute Gasteiger partial charge is 0.330 e. The second-order valence-corrected chi connectivity index (χ2v) is 4.16. The van der Waals surface area contributed by atoms with Crippen LogP contribution in [0.1, 0.15) is 17.5 Å². The molecule has 100 valence electrons. The maximum atomic E-state index is 14.0. The molecule has 1 aromatic carbocycles. The average Bonchev–Trinajstić information content (AvgIpc) is 2.45. The molecule has 1 aromatic rings. The highest BCUT2D eigenvalue weighted by molar-refractivity contribution is 5.88. The molecule has 0 saturated heterocycles. The van der Waals surface area contributed by atoms with Crippen LogP contribution in [0.3, 0.4) is 0 Å². The van der Waals surface area contributed by atoms with Crippen molar-refractivity contribution in [3.8, 4) is 5.75 Å². The van der Waals surface area contributed by atoms with Gasteiger partial charge in [-0.1, -0.05) is 12.1 Å². The van der Waals surface area contributed by atoms with E-state index in [9.17, 15) is 9.18 Å². The minimum atomic E-state index is -0.504. The van der Waals surface area contributed by atoms with E-state index in [1.165, 1.54) is 19.3 Å². The van der Waals surface area contributed by atoms with E-state index in [0.29, 0.717) is 18.4 Å². The molecule has 4 heteroatoms. The third-order valence-corrected chi connectivity index (χ3v) is 3.12. The number of benzene rings is 1. The van der Waals surface area contributed by atoms with Gasteiger partial charge in [-0.3, -0.25) is 0 Å². The molecule has 0 unspecified atom stereocenters. The lowest BCUT2D eigenvalue weighted by Gasteiger charge is -2.19. The number of fused-ring (bicyclic) bond motifs is 1. The Kier molecular flexibility index (Phi) is 4.00. The molecule has 0 bridgehead atoms. The predicted octanol–water partition coefficient (Wildman–Crippen LogP) is 3.05. The van der Waals surface area contributed by atoms with Crippen molar-refractivity contribution in [2.45, 2.75) is 12.8 Å². The van der Waals surface area contributed by atoms with E-state index >= 15 is 0 Å². The Balaban J connectivity index is 2.45. The Labute approximate surface area is 111 Å². The van der Waals surface area contributed by atoms with Crippen molar-refractivity contribution in [1.82, 2.24) is 0 Å². The minimum absolute atomic E-state index is 0.221. The second kappa shape index (κ2) is 5.69. The number of hydrogen-bond donors (Lipinski definition) is 0. The number of allylic oxidation sites excluding steroid dienone is 3. The minimum Gasteiger partial charge on any atom is -0.496 e. The molecule has 2 rings (SSSR count). The van der Waals surface area contributed by atoms with E-state index in [4.69, 9.17) is 4.74 Å². The van der Waals surface area contributed by atoms with Crippen molar-refractivity contribution in [3.63, 3.8) is 0 Å². The molecule has 0 amide bonds. The van der Waals surface area contributed by atoms with Crippen LogP contribution in [0, 0.1) is 0 Å². The Bertz CT molecular complexity index is 559. The van der Waals surface area contributed by atoms with Crippen LogP contribution in [-0.2, 0) is 16.0 Å². The summed E-state index contributed by atoms with van der Waals surface area (Å²) in [5.41, 5.74) is 2.16. The highest BCUT2D eigenvalue weighted by Gasteiger charge is 2.20. The predicted molar refractivity (Wildman–Crippen MR) is 70.5 cm³/mol. The lowest BCUT2D eigenvalue weighted by Crippen LogP contribution is -2.04. The van der Waals surface area contributed by atoms with Gasteiger partial charge in [-0.25, -0.2) is 9.18 Å². The first-order valence-electron chi connectivity index (χ1n) is 5.98. The van der Waals surface area contributed by atoms with Crippen molar-refractivity contribution in [3.05, 3.63) is 47.3 Å². The molecule has 19 heavy (non-hydrogen) atoms. The zero-order valence-corrected chi connectivity index (χ0v) is 10.9. The van der Waals surface area contributed by atoms with E-state index in [-0.39, 0.29) is 5.83 Å². The number of ether oxygens (including phenoxy) is 2. The van der Waals surface area contributed by atoms with Gasteiger partial charge in [0.2, 0.25) is 0 Å². The molecule has 0 aliphatic heterocycles. The van der Waals surface area contributed by atoms with Crippen molar-refractivity contribution in [1.29, 1.82) is 0 Å². The molecule has 0 radical (unpaired) electrons. The summed E-state index contributed by atoms with van der Waals surface area (Å²) < 4.78 is 23.7. The maximum Gasteiger partial charge on any atom is 0.330 e. The van der Waals surface area contributed by atoms with Gasteiger partial charge in [0.1, 0.15) is 11.6 Å². The molecule has 0 atom stereocenters. The molecule has 0 saturated carbocycles. The van der Waals surface area contributed by atoms with Crippen LogP contribution in [0.15, 0.2) is 36.2 Å². The largest absolute Gasteiger partial charge is 0.496 e. The monoisotopic (exact) mass is 262 g/mol. The van der Waals surface area contributed by atoms with Crippen LogP contribution in [0.5, 0.6) is 5.75 Å². The molecule has 0 aromatic heterocycles. The molecular formula is C15H15FO3. The van der Waals surface area contributed by atoms with Gasteiger partial charge >= 0.3 is 5.97 Å². The van der Waals surface area contributed by atoms with Crippen LogP contribution >= 0.6 is 0 Å². The number of rotatable bonds is 3. The molecule has 1 aliphatic carbocycles. The molecule has 0 heterocycles. The van der Waals surface area contributed by atoms with Crippen molar-refractivity contribution >= 4 is 11.5 Å². The fourth-order valence-corrected chi connectivity index (χ4v) is 2.18. The molecule has 3 nitrogen and oxygen atoms in total. The van der Waals surface area contributed by atoms with E-state index < -0.39 is 5.97 Å². The lowest BCUT2D eigenvalue weighted by atomic mass is 9.89. The standard InChI is InChI=1S/C15H15FO3/c1-18-14-5-3-4-10-11(7-9-15(17)19-2)13(16)8-6-12(10)14/h3-5,7,9H,6,8H2,1-2H3/b9-7+. The molecular weight excluding hydrogens is 247 g/mol. The zero-order chi connectivity index (χ0) is 13.8. The first-order chi connectivity index (χ1) is 9.17. The summed E-state index contributed by atoms with van der Waals surface area (Å²) in [4.78, 5) is 11.1. The highest BCUT2D eigenvalue weighted by Crippen LogP contribution is 2.37. The van der Waals surface area contributed by atoms with Gasteiger partial charge in [0.15, 0.2) is 0 Å². The second-order valence-electron chi connectivity index (χ2n) is 4.16. The topological polar surface area (TPSA) is 35.5 Å². The molecule has 0 spiro atoms. The van der Waals surface area contributed by atoms with Crippen LogP contribution in [0.4, 0.5) is 4.39 Å². The van der Waals surface area contributed by atoms with Gasteiger partial charge in [0.05, 0.1) is 14.2 Å². The van der Waals surface area contributed by atoms with Crippen molar-refractivity contribution in [2.24, 2.45) is 0 Å². The Morgan fingerprint density at radius 1 is 1.32 bits per heavy atom. The maximum absolute atomic E-state index is 14.0. The number of hydrogen-bond acceptors (Lipinski definition) is 3. The van der Waals surface area contributed by atoms with Gasteiger partial charge in [-0.05, 0) is 24.1 Å². The Hall–Kier alpha value is -2.10. The SMILES string of the molecule is COC(=O)/C=C/C1=C(F)CCc2c(OC)cccc21. The Morgan fingerprint density at radius 2 is 2.11 bits per heavy atom. The van der Waals surface area contributed by atoms with Crippen LogP contribution < -0.4 is 4.74 Å². The number of carbonyl (C=O) groups is 1. The summed E-state index contributed by atoms with van der Waals surface area (Å²) in [6, 6.07) is 5.49. The zero-order valence-electron chi connectivity index (χ0n) is 10.9. The molecule has 1 aliphatic rings. The van der Waals surface area contributed by atoms with Crippen molar-refractivity contribution < 1.29 is 18.7 Å². The summed E-state index contributed by atoms with van der Waals surface area (Å²) in [6.45, 7) is 0. The summed E-state index contributed by atoms with van der Waals surface area (Å²) in [5, 5.41) is 0. The van der Waals surface area contributed by atoms with Gasteiger partial charge in [0, 0.05) is 23.6 Å². The van der Waals surface area contributed by atoms with Gasteiger partial charge in [-0.15, -0.1) is 0 Å². The average molecular weight is 262 g/mol. The lowest BCUT2D eigenvalue weighted by molar-refractivity contribution is -0.134. The van der Waals surface area contributed by atoms with Gasteiger partial charge < -0.3 is 9.47 Å². The fourth-order valence-electron chi connectivity index (χ4n) is 2.18. The number of halogens is 1. The van der Waals surface area contributed by atoms with Crippen LogP contribution in [0.25, 0.3) is 5.57 Å². The summed E-state index contributed by atoms with van der Waals surface area (Å²) in [6.07, 6.45) is 3.59. The third kappa shape index (κ3) is 2.67. The summed E-state index contributed by atoms with van der Waals surface area (Å²) in [5.74, 6) is 0.0187. The fraction of sp³-hybridized carbons (Fsp3) is 0.267. The summed E-state index contributed by atoms with van der Waals surface area (Å²) in [7, 11) is 2.88. The number of carbonyl (C=O) groups excluding carboxylic acids is 1. The molecule has 0 fully saturated rings. The van der Waals surface area contributed by atoms with Gasteiger partial charge in [0.25, 0.3) is 0 Å². The van der Waals surface area contributed by atoms with E-state index in [0.717, 1.165) is 16.9 Å². The number of methoxy groups -OCH3 is 2. The molecule has 0 N–H and O–H groups in total. The third-order valence-electron chi connectivity index (χ3n) is 3.12. The van der Waals surface area contributed by atoms with Crippen molar-refractivity contribution in [2.75, 3.05) is 14.2 Å². The van der Waals surface area contributed by atoms with Crippen LogP contribution in [-0.4, -0.2) is 20.2 Å². The first-order valence-corrected chi connectivity index (χ1v) is 5.98. The first kappa shape index (κ1) is 13.3. The Morgan fingerprint density at radius 3 is 2.79 bits per heavy atom.